The molecule has 66 heavy (non-hydrogen) atoms. The monoisotopic (exact) mass is 1120 g/mol. The van der Waals surface area contributed by atoms with Crippen LogP contribution in [0.15, 0.2) is 121 Å². The summed E-state index contributed by atoms with van der Waals surface area (Å²) >= 11 is 1.62. The molecule has 4 aromatic carbocycles. The SMILES string of the molecule is COC(=O)C(F)(F)C(F)(F)F.COC(O)C(F)(F)C(F)(F)F.OCC(F)(F)C(F)(F)F.[CH-]=O.[Cl][RuH+2].c1ccc([PH+](CCNCC[PH+](c2ccccc2)c2ccccc2)c2ccccc2)cc1. The molecule has 3 N–H and O–H groups in total. The maximum Gasteiger partial charge on any atom is 0.0967 e. The number of nitrogens with one attached hydrogen (secondary N) is 1. The minimum absolute atomic E-state index is 0.446. The molecule has 0 aromatic heterocycles. The molecule has 0 saturated carbocycles. The van der Waals surface area contributed by atoms with Gasteiger partial charge in [-0.2, -0.15) is 65.9 Å². The molecule has 0 heterocycles. The minimum atomic E-state index is -5.89. The van der Waals surface area contributed by atoms with Gasteiger partial charge in [0.15, 0.2) is 0 Å². The number of aliphatic hydroxyl groups excluding tert-OH is 2. The van der Waals surface area contributed by atoms with Crippen LogP contribution >= 0.6 is 25.5 Å². The molecule has 0 saturated heterocycles. The summed E-state index contributed by atoms with van der Waals surface area (Å²) in [6.45, 7) is 3.18. The van der Waals surface area contributed by atoms with Gasteiger partial charge >= 0.3 is 69.3 Å². The maximum absolute atomic E-state index is 11.8. The zero-order chi connectivity index (χ0) is 51.4. The third-order valence-electron chi connectivity index (χ3n) is 7.92. The Hall–Kier alpha value is -3.42. The standard InChI is InChI=1S/C28H29NP2.C4H5F5O2.C4H3F5O2.C3H3F5O.CHO.ClH.Ru.H/c1-5-13-25(14-6-1)30(26-15-7-2-8-16-26)23-21-29-22-24-31(27-17-9-3-10-18-27)28-19-11-4-12-20-28;2*1-11-2(10)3(5,6)4(7,8)9;4-2(5,1-9)3(6,7)8;1-2;;;/h1-20,29H,21-24H2;2,10H,1H3;1H3;9H,1H2;1H;1H;;/q;;;;-1;;+3;/p+1. The molecular weight excluding hydrogens is 1070 g/mol. The Labute approximate surface area is 386 Å². The minimum Gasteiger partial charge on any atom is -0.310 e. The third-order valence-corrected chi connectivity index (χ3v) is 13.5. The molecule has 1 atom stereocenters. The first-order valence-corrected chi connectivity index (χ1v) is 23.8. The van der Waals surface area contributed by atoms with E-state index in [1.54, 1.807) is 17.3 Å². The molecule has 372 valence electrons. The zero-order valence-electron chi connectivity index (χ0n) is 34.2. The van der Waals surface area contributed by atoms with Gasteiger partial charge in [-0.1, -0.05) is 72.8 Å². The number of hydrogen-bond donors (Lipinski definition) is 3. The van der Waals surface area contributed by atoms with Gasteiger partial charge in [0.25, 0.3) is 0 Å². The second kappa shape index (κ2) is 31.6. The number of rotatable bonds is 14. The van der Waals surface area contributed by atoms with Crippen molar-refractivity contribution in [2.45, 2.75) is 42.6 Å². The van der Waals surface area contributed by atoms with E-state index < -0.39 is 71.0 Å². The molecule has 0 aliphatic heterocycles. The first-order valence-electron chi connectivity index (χ1n) is 17.9. The Bertz CT molecular complexity index is 1700. The van der Waals surface area contributed by atoms with Crippen LogP contribution in [0.25, 0.3) is 0 Å². The molecule has 0 amide bonds. The van der Waals surface area contributed by atoms with Gasteiger partial charge in [0.1, 0.15) is 6.61 Å². The number of halogens is 16. The number of carbonyl (C=O) groups excluding carboxylic acids is 2. The average molecular weight is 1120 g/mol. The van der Waals surface area contributed by atoms with E-state index in [-0.39, 0.29) is 0 Å². The molecule has 0 bridgehead atoms. The van der Waals surface area contributed by atoms with Crippen LogP contribution in [0.5, 0.6) is 0 Å². The Morgan fingerprint density at radius 2 is 0.879 bits per heavy atom. The van der Waals surface area contributed by atoms with Gasteiger partial charge < -0.3 is 29.8 Å². The summed E-state index contributed by atoms with van der Waals surface area (Å²) in [4.78, 5) is 17.5. The van der Waals surface area contributed by atoms with Crippen molar-refractivity contribution in [3.63, 3.8) is 0 Å². The Morgan fingerprint density at radius 1 is 0.591 bits per heavy atom. The van der Waals surface area contributed by atoms with Crippen LogP contribution in [0.2, 0.25) is 0 Å². The number of aliphatic hydroxyl groups is 2. The number of alkyl halides is 15. The first kappa shape index (κ1) is 64.7. The van der Waals surface area contributed by atoms with Crippen molar-refractivity contribution in [1.29, 1.82) is 0 Å². The number of carbonyl (C=O) groups is 1. The Balaban J connectivity index is 0. The van der Waals surface area contributed by atoms with E-state index in [0.717, 1.165) is 13.1 Å². The topological polar surface area (TPSA) is 105 Å². The van der Waals surface area contributed by atoms with Crippen LogP contribution in [0.1, 0.15) is 0 Å². The predicted octanol–water partition coefficient (Wildman–Crippen LogP) is 8.13. The van der Waals surface area contributed by atoms with Gasteiger partial charge in [-0.15, -0.1) is 0 Å². The Morgan fingerprint density at radius 3 is 1.03 bits per heavy atom. The van der Waals surface area contributed by atoms with Crippen LogP contribution < -0.4 is 26.5 Å². The van der Waals surface area contributed by atoms with Gasteiger partial charge in [0.2, 0.25) is 6.29 Å². The summed E-state index contributed by atoms with van der Waals surface area (Å²) in [5, 5.41) is 25.3. The molecule has 4 aromatic rings. The van der Waals surface area contributed by atoms with Gasteiger partial charge in [-0.25, -0.2) is 4.79 Å². The summed E-state index contributed by atoms with van der Waals surface area (Å²) in [6, 6.07) is 44.2. The van der Waals surface area contributed by atoms with E-state index >= 15 is 0 Å². The summed E-state index contributed by atoms with van der Waals surface area (Å²) in [6.07, 6.45) is -18.1. The zero-order valence-corrected chi connectivity index (χ0v) is 38.8. The number of methoxy groups -OCH3 is 2. The number of ether oxygens (including phenoxy) is 2. The van der Waals surface area contributed by atoms with Crippen LogP contribution in [-0.2, 0) is 36.4 Å². The summed E-state index contributed by atoms with van der Waals surface area (Å²) in [5.74, 6) is -18.2. The molecule has 0 radical (unpaired) electrons. The predicted molar refractivity (Wildman–Crippen MR) is 223 cm³/mol. The van der Waals surface area contributed by atoms with E-state index in [0.29, 0.717) is 14.2 Å². The van der Waals surface area contributed by atoms with Crippen molar-refractivity contribution < 1.29 is 112 Å². The van der Waals surface area contributed by atoms with Crippen molar-refractivity contribution >= 4 is 59.5 Å². The molecule has 26 heteroatoms. The van der Waals surface area contributed by atoms with Crippen LogP contribution in [0.3, 0.4) is 0 Å². The molecular formula is C40H44ClF15NO6P2Ru+3. The van der Waals surface area contributed by atoms with Gasteiger partial charge in [0, 0.05) is 20.2 Å². The number of benzene rings is 4. The molecule has 4 rings (SSSR count). The Kier molecular flexibility index (Phi) is 31.0. The van der Waals surface area contributed by atoms with Crippen molar-refractivity contribution in [3.05, 3.63) is 121 Å². The van der Waals surface area contributed by atoms with Gasteiger partial charge in [-0.05, 0) is 48.5 Å². The third kappa shape index (κ3) is 22.1. The average Bonchev–Trinajstić information content (AvgIpc) is 3.30. The summed E-state index contributed by atoms with van der Waals surface area (Å²) in [7, 11) is 4.09. The van der Waals surface area contributed by atoms with E-state index in [4.69, 9.17) is 15.0 Å². The smallest absolute Gasteiger partial charge is 0.0967 e. The molecule has 7 nitrogen and oxygen atoms in total. The largest absolute Gasteiger partial charge is 0.310 e. The summed E-state index contributed by atoms with van der Waals surface area (Å²) < 4.78 is 177. The molecule has 0 fully saturated rings. The second-order valence-electron chi connectivity index (χ2n) is 12.3. The van der Waals surface area contributed by atoms with Gasteiger partial charge in [-0.3, -0.25) is 6.79 Å². The van der Waals surface area contributed by atoms with Crippen LogP contribution in [0, 0.1) is 0 Å². The maximum atomic E-state index is 11.8. The van der Waals surface area contributed by atoms with Crippen molar-refractivity contribution in [2.75, 3.05) is 46.2 Å². The van der Waals surface area contributed by atoms with E-state index in [1.807, 2.05) is 0 Å². The number of esters is 1. The van der Waals surface area contributed by atoms with Crippen LogP contribution in [0.4, 0.5) is 65.9 Å². The fraction of sp³-hybridized carbons (Fsp3) is 0.350. The van der Waals surface area contributed by atoms with E-state index in [1.165, 1.54) is 33.5 Å². The summed E-state index contributed by atoms with van der Waals surface area (Å²) in [5.41, 5.74) is 0. The second-order valence-corrected chi connectivity index (χ2v) is 17.5. The van der Waals surface area contributed by atoms with Crippen molar-refractivity contribution in [2.24, 2.45) is 0 Å². The molecule has 1 unspecified atom stereocenters. The molecule has 0 aliphatic rings. The van der Waals surface area contributed by atoms with Crippen molar-refractivity contribution in [3.8, 4) is 0 Å². The van der Waals surface area contributed by atoms with E-state index in [2.05, 4.69) is 153 Å². The molecule has 0 aliphatic carbocycles. The number of hydrogen-bond acceptors (Lipinski definition) is 7. The molecule has 0 spiro atoms. The first-order chi connectivity index (χ1) is 30.7. The quantitative estimate of drug-likeness (QED) is 0.0171. The van der Waals surface area contributed by atoms with Crippen molar-refractivity contribution in [1.82, 2.24) is 5.32 Å². The van der Waals surface area contributed by atoms with E-state index in [9.17, 15) is 70.7 Å². The van der Waals surface area contributed by atoms with Crippen LogP contribution in [-0.4, -0.2) is 112 Å². The fourth-order valence-corrected chi connectivity index (χ4v) is 9.70. The normalized spacial score (nSPS) is 12.2. The fourth-order valence-electron chi connectivity index (χ4n) is 4.64. The van der Waals surface area contributed by atoms with Gasteiger partial charge in [0.05, 0.1) is 56.5 Å².